The van der Waals surface area contributed by atoms with E-state index >= 15 is 0 Å². The number of sulfone groups is 1. The van der Waals surface area contributed by atoms with E-state index in [-0.39, 0.29) is 29.9 Å². The molecule has 0 saturated carbocycles. The molecule has 0 bridgehead atoms. The molecule has 5 nitrogen and oxygen atoms in total. The molecule has 0 amide bonds. The minimum Gasteiger partial charge on any atom is -0.356 e. The Labute approximate surface area is 161 Å². The molecule has 1 aromatic rings. The predicted molar refractivity (Wildman–Crippen MR) is 109 cm³/mol. The van der Waals surface area contributed by atoms with E-state index in [1.807, 2.05) is 6.07 Å². The van der Waals surface area contributed by atoms with Gasteiger partial charge in [-0.1, -0.05) is 30.3 Å². The molecule has 2 fully saturated rings. The lowest BCUT2D eigenvalue weighted by Crippen LogP contribution is -2.42. The van der Waals surface area contributed by atoms with Crippen LogP contribution in [0.5, 0.6) is 0 Å². The summed E-state index contributed by atoms with van der Waals surface area (Å²) in [6.45, 7) is 2.65. The molecule has 24 heavy (non-hydrogen) atoms. The fourth-order valence-corrected chi connectivity index (χ4v) is 5.41. The van der Waals surface area contributed by atoms with Crippen molar-refractivity contribution in [3.8, 4) is 0 Å². The van der Waals surface area contributed by atoms with Gasteiger partial charge in [-0.2, -0.15) is 0 Å². The Bertz CT molecular complexity index is 664. The van der Waals surface area contributed by atoms with Gasteiger partial charge in [0.05, 0.1) is 11.5 Å². The normalized spacial score (nSPS) is 26.2. The number of guanidine groups is 1. The molecular formula is C17H26IN3O2S. The average Bonchev–Trinajstić information content (AvgIpc) is 3.16. The van der Waals surface area contributed by atoms with Crippen molar-refractivity contribution < 1.29 is 8.42 Å². The molecule has 2 heterocycles. The van der Waals surface area contributed by atoms with Crippen LogP contribution in [0.2, 0.25) is 0 Å². The molecule has 134 valence electrons. The molecule has 2 aliphatic rings. The Kier molecular flexibility index (Phi) is 6.91. The van der Waals surface area contributed by atoms with Gasteiger partial charge in [-0.15, -0.1) is 24.0 Å². The van der Waals surface area contributed by atoms with E-state index in [0.717, 1.165) is 31.9 Å². The van der Waals surface area contributed by atoms with Gasteiger partial charge in [0.15, 0.2) is 15.8 Å². The quantitative estimate of drug-likeness (QED) is 0.424. The van der Waals surface area contributed by atoms with E-state index in [1.54, 1.807) is 7.05 Å². The van der Waals surface area contributed by atoms with Crippen LogP contribution in [0.1, 0.15) is 24.3 Å². The smallest absolute Gasteiger partial charge is 0.193 e. The molecule has 2 saturated heterocycles. The van der Waals surface area contributed by atoms with E-state index in [0.29, 0.717) is 24.0 Å². The van der Waals surface area contributed by atoms with E-state index in [2.05, 4.69) is 39.5 Å². The van der Waals surface area contributed by atoms with Crippen molar-refractivity contribution >= 4 is 39.8 Å². The van der Waals surface area contributed by atoms with Gasteiger partial charge in [0.1, 0.15) is 0 Å². The van der Waals surface area contributed by atoms with Gasteiger partial charge in [-0.05, 0) is 24.3 Å². The zero-order valence-corrected chi connectivity index (χ0v) is 17.2. The third-order valence-corrected chi connectivity index (χ3v) is 6.68. The number of benzene rings is 1. The Morgan fingerprint density at radius 1 is 1.29 bits per heavy atom. The maximum absolute atomic E-state index is 11.5. The van der Waals surface area contributed by atoms with Gasteiger partial charge >= 0.3 is 0 Å². The minimum atomic E-state index is -2.81. The van der Waals surface area contributed by atoms with Crippen molar-refractivity contribution in [2.45, 2.75) is 18.8 Å². The van der Waals surface area contributed by atoms with E-state index in [9.17, 15) is 8.42 Å². The predicted octanol–water partition coefficient (Wildman–Crippen LogP) is 2.10. The van der Waals surface area contributed by atoms with Gasteiger partial charge in [-0.25, -0.2) is 8.42 Å². The van der Waals surface area contributed by atoms with E-state index in [4.69, 9.17) is 0 Å². The maximum Gasteiger partial charge on any atom is 0.193 e. The van der Waals surface area contributed by atoms with Crippen LogP contribution in [0.15, 0.2) is 35.3 Å². The van der Waals surface area contributed by atoms with E-state index in [1.165, 1.54) is 5.56 Å². The highest BCUT2D eigenvalue weighted by Gasteiger charge is 2.29. The molecule has 2 aliphatic heterocycles. The van der Waals surface area contributed by atoms with Crippen LogP contribution in [0.3, 0.4) is 0 Å². The van der Waals surface area contributed by atoms with Crippen LogP contribution >= 0.6 is 24.0 Å². The first-order valence-corrected chi connectivity index (χ1v) is 10.1. The van der Waals surface area contributed by atoms with Crippen molar-refractivity contribution in [2.24, 2.45) is 10.9 Å². The third-order valence-electron chi connectivity index (χ3n) is 4.85. The summed E-state index contributed by atoms with van der Waals surface area (Å²) in [5, 5.41) is 3.37. The number of aliphatic imine (C=N–C) groups is 1. The van der Waals surface area contributed by atoms with Gasteiger partial charge in [0, 0.05) is 32.6 Å². The Balaban J connectivity index is 0.00000208. The number of nitrogens with zero attached hydrogens (tertiary/aromatic N) is 2. The number of hydrogen-bond donors (Lipinski definition) is 1. The summed E-state index contributed by atoms with van der Waals surface area (Å²) < 4.78 is 23.1. The molecule has 0 aliphatic carbocycles. The molecular weight excluding hydrogens is 437 g/mol. The largest absolute Gasteiger partial charge is 0.356 e. The van der Waals surface area contributed by atoms with Crippen molar-refractivity contribution in [1.82, 2.24) is 10.2 Å². The molecule has 0 spiro atoms. The lowest BCUT2D eigenvalue weighted by molar-refractivity contribution is 0.471. The summed E-state index contributed by atoms with van der Waals surface area (Å²) in [4.78, 5) is 6.66. The second-order valence-electron chi connectivity index (χ2n) is 6.54. The topological polar surface area (TPSA) is 61.8 Å². The molecule has 2 unspecified atom stereocenters. The Morgan fingerprint density at radius 2 is 2.04 bits per heavy atom. The number of hydrogen-bond acceptors (Lipinski definition) is 3. The fourth-order valence-electron chi connectivity index (χ4n) is 3.55. The lowest BCUT2D eigenvalue weighted by atomic mass is 9.99. The maximum atomic E-state index is 11.5. The van der Waals surface area contributed by atoms with Gasteiger partial charge in [0.25, 0.3) is 0 Å². The van der Waals surface area contributed by atoms with E-state index < -0.39 is 9.84 Å². The minimum absolute atomic E-state index is 0. The Hall–Kier alpha value is -0.830. The monoisotopic (exact) mass is 463 g/mol. The first kappa shape index (κ1) is 19.5. The number of rotatable bonds is 3. The second-order valence-corrected chi connectivity index (χ2v) is 8.77. The van der Waals surface area contributed by atoms with Crippen LogP contribution in [0.4, 0.5) is 0 Å². The van der Waals surface area contributed by atoms with Crippen molar-refractivity contribution in [1.29, 1.82) is 0 Å². The molecule has 3 rings (SSSR count). The molecule has 2 atom stereocenters. The second kappa shape index (κ2) is 8.51. The standard InChI is InChI=1S/C17H25N3O2S.HI/c1-18-17(19-11-14-8-10-23(21,22)13-14)20-9-7-16(12-20)15-5-3-2-4-6-15;/h2-6,14,16H,7-13H2,1H3,(H,18,19);1H. The van der Waals surface area contributed by atoms with Crippen molar-refractivity contribution in [3.63, 3.8) is 0 Å². The summed E-state index contributed by atoms with van der Waals surface area (Å²) in [6, 6.07) is 10.6. The third kappa shape index (κ3) is 4.84. The SMILES string of the molecule is CN=C(NCC1CCS(=O)(=O)C1)N1CCC(c2ccccc2)C1.I. The molecule has 0 radical (unpaired) electrons. The van der Waals surface area contributed by atoms with Gasteiger partial charge in [-0.3, -0.25) is 4.99 Å². The molecule has 0 aromatic heterocycles. The molecule has 1 N–H and O–H groups in total. The van der Waals surface area contributed by atoms with Crippen molar-refractivity contribution in [3.05, 3.63) is 35.9 Å². The first-order chi connectivity index (χ1) is 11.1. The number of likely N-dealkylation sites (tertiary alicyclic amines) is 1. The zero-order valence-electron chi connectivity index (χ0n) is 14.0. The first-order valence-electron chi connectivity index (χ1n) is 8.28. The van der Waals surface area contributed by atoms with Gasteiger partial charge in [0.2, 0.25) is 0 Å². The summed E-state index contributed by atoms with van der Waals surface area (Å²) in [5.41, 5.74) is 1.38. The summed E-state index contributed by atoms with van der Waals surface area (Å²) in [7, 11) is -1.01. The lowest BCUT2D eigenvalue weighted by Gasteiger charge is -2.23. The van der Waals surface area contributed by atoms with Crippen LogP contribution in [-0.2, 0) is 9.84 Å². The molecule has 1 aromatic carbocycles. The highest BCUT2D eigenvalue weighted by atomic mass is 127. The zero-order chi connectivity index (χ0) is 16.3. The average molecular weight is 463 g/mol. The van der Waals surface area contributed by atoms with Crippen molar-refractivity contribution in [2.75, 3.05) is 38.2 Å². The van der Waals surface area contributed by atoms with Gasteiger partial charge < -0.3 is 10.2 Å². The van der Waals surface area contributed by atoms with Crippen LogP contribution in [-0.4, -0.2) is 57.5 Å². The fraction of sp³-hybridized carbons (Fsp3) is 0.588. The van der Waals surface area contributed by atoms with Crippen LogP contribution in [0, 0.1) is 5.92 Å². The highest BCUT2D eigenvalue weighted by molar-refractivity contribution is 14.0. The summed E-state index contributed by atoms with van der Waals surface area (Å²) in [6.07, 6.45) is 1.89. The molecule has 7 heteroatoms. The summed E-state index contributed by atoms with van der Waals surface area (Å²) in [5.74, 6) is 2.29. The highest BCUT2D eigenvalue weighted by Crippen LogP contribution is 2.27. The van der Waals surface area contributed by atoms with Crippen LogP contribution in [0.25, 0.3) is 0 Å². The number of nitrogens with one attached hydrogen (secondary N) is 1. The Morgan fingerprint density at radius 3 is 2.67 bits per heavy atom. The summed E-state index contributed by atoms with van der Waals surface area (Å²) >= 11 is 0. The van der Waals surface area contributed by atoms with Crippen LogP contribution < -0.4 is 5.32 Å². The number of halogens is 1.